The molecule has 1 rings (SSSR count). The summed E-state index contributed by atoms with van der Waals surface area (Å²) in [5, 5.41) is 9.71. The number of aliphatic carboxylic acids is 1. The van der Waals surface area contributed by atoms with Gasteiger partial charge in [0.15, 0.2) is 5.54 Å². The molecule has 0 radical (unpaired) electrons. The first-order valence-electron chi connectivity index (χ1n) is 6.73. The molecule has 0 saturated carbocycles. The number of hydrogen-bond acceptors (Lipinski definition) is 4. The van der Waals surface area contributed by atoms with Gasteiger partial charge in [-0.05, 0) is 26.2 Å². The first-order valence-corrected chi connectivity index (χ1v) is 6.73. The van der Waals surface area contributed by atoms with Gasteiger partial charge in [-0.2, -0.15) is 0 Å². The molecule has 21 heavy (non-hydrogen) atoms. The lowest BCUT2D eigenvalue weighted by atomic mass is 9.71. The van der Waals surface area contributed by atoms with E-state index in [0.29, 0.717) is 4.90 Å². The van der Waals surface area contributed by atoms with Gasteiger partial charge in [-0.3, -0.25) is 4.79 Å². The Morgan fingerprint density at radius 3 is 2.05 bits per heavy atom. The van der Waals surface area contributed by atoms with Crippen molar-refractivity contribution in [3.63, 3.8) is 0 Å². The molecule has 0 aromatic heterocycles. The number of likely N-dealkylation sites (tertiary alicyclic amines) is 1. The van der Waals surface area contributed by atoms with Gasteiger partial charge in [0.1, 0.15) is 5.60 Å². The van der Waals surface area contributed by atoms with E-state index in [2.05, 4.69) is 6.58 Å². The van der Waals surface area contributed by atoms with E-state index in [9.17, 15) is 19.5 Å². The second kappa shape index (κ2) is 4.86. The van der Waals surface area contributed by atoms with Gasteiger partial charge < -0.3 is 9.84 Å². The Balaban J connectivity index is 3.42. The number of carboxylic acid groups (broad SMARTS) is 1. The molecule has 0 aromatic carbocycles. The summed E-state index contributed by atoms with van der Waals surface area (Å²) in [5.74, 6) is -1.94. The Morgan fingerprint density at radius 1 is 1.24 bits per heavy atom. The van der Waals surface area contributed by atoms with Gasteiger partial charge in [-0.15, -0.1) is 0 Å². The van der Waals surface area contributed by atoms with E-state index in [-0.39, 0.29) is 12.0 Å². The molecular weight excluding hydrogens is 274 g/mol. The quantitative estimate of drug-likeness (QED) is 0.752. The van der Waals surface area contributed by atoms with Crippen molar-refractivity contribution in [2.24, 2.45) is 5.41 Å². The number of hydrogen-bond donors (Lipinski definition) is 1. The molecule has 0 spiro atoms. The van der Waals surface area contributed by atoms with Gasteiger partial charge in [-0.1, -0.05) is 27.4 Å². The number of rotatable bonds is 1. The van der Waals surface area contributed by atoms with Gasteiger partial charge in [0.05, 0.1) is 0 Å². The van der Waals surface area contributed by atoms with Crippen molar-refractivity contribution in [1.29, 1.82) is 0 Å². The highest BCUT2D eigenvalue weighted by molar-refractivity contribution is 6.10. The van der Waals surface area contributed by atoms with Crippen molar-refractivity contribution in [3.05, 3.63) is 12.2 Å². The monoisotopic (exact) mass is 297 g/mol. The third-order valence-electron chi connectivity index (χ3n) is 3.53. The number of ether oxygens (including phenoxy) is 1. The van der Waals surface area contributed by atoms with Crippen molar-refractivity contribution in [2.75, 3.05) is 0 Å². The fourth-order valence-electron chi connectivity index (χ4n) is 2.43. The molecule has 0 unspecified atom stereocenters. The van der Waals surface area contributed by atoms with Crippen LogP contribution in [0.15, 0.2) is 12.2 Å². The minimum atomic E-state index is -1.69. The average Bonchev–Trinajstić information content (AvgIpc) is 2.49. The topological polar surface area (TPSA) is 83.9 Å². The molecule has 1 heterocycles. The summed E-state index contributed by atoms with van der Waals surface area (Å²) in [6.45, 7) is 13.6. The zero-order chi connectivity index (χ0) is 16.8. The molecular formula is C15H23NO5. The summed E-state index contributed by atoms with van der Waals surface area (Å²) < 4.78 is 5.20. The molecule has 1 atom stereocenters. The fourth-order valence-corrected chi connectivity index (χ4v) is 2.43. The molecule has 2 amide bonds. The summed E-state index contributed by atoms with van der Waals surface area (Å²) >= 11 is 0. The highest BCUT2D eigenvalue weighted by atomic mass is 16.6. The molecule has 1 fully saturated rings. The first kappa shape index (κ1) is 17.2. The van der Waals surface area contributed by atoms with Crippen molar-refractivity contribution >= 4 is 18.0 Å². The van der Waals surface area contributed by atoms with E-state index in [1.807, 2.05) is 0 Å². The minimum absolute atomic E-state index is 0.0955. The SMILES string of the molecule is C=C1C[C@@](C(=O)O)(C(C)(C)C)N(C(=O)OC(C)(C)C)C1=O. The standard InChI is InChI=1S/C15H23NO5/c1-9-8-15(11(18)19,13(2,3)4)16(10(9)17)12(20)21-14(5,6)7/h1,8H2,2-7H3,(H,18,19)/t15-/m1/s1. The number of carbonyl (C=O) groups is 3. The van der Waals surface area contributed by atoms with E-state index in [4.69, 9.17) is 4.74 Å². The molecule has 1 saturated heterocycles. The number of nitrogens with zero attached hydrogens (tertiary/aromatic N) is 1. The average molecular weight is 297 g/mol. The van der Waals surface area contributed by atoms with Gasteiger partial charge in [0.2, 0.25) is 0 Å². The number of imide groups is 1. The van der Waals surface area contributed by atoms with E-state index in [0.717, 1.165) is 0 Å². The summed E-state index contributed by atoms with van der Waals surface area (Å²) in [6, 6.07) is 0. The second-order valence-corrected chi connectivity index (χ2v) is 7.32. The predicted octanol–water partition coefficient (Wildman–Crippen LogP) is 2.58. The Kier molecular flexibility index (Phi) is 3.98. The molecule has 0 bridgehead atoms. The van der Waals surface area contributed by atoms with E-state index < -0.39 is 34.5 Å². The maximum atomic E-state index is 12.4. The number of amides is 2. The fraction of sp³-hybridized carbons (Fsp3) is 0.667. The summed E-state index contributed by atoms with van der Waals surface area (Å²) in [7, 11) is 0. The highest BCUT2D eigenvalue weighted by Crippen LogP contribution is 2.46. The van der Waals surface area contributed by atoms with Crippen LogP contribution in [0, 0.1) is 5.41 Å². The lowest BCUT2D eigenvalue weighted by molar-refractivity contribution is -0.161. The van der Waals surface area contributed by atoms with Gasteiger partial charge in [-0.25, -0.2) is 14.5 Å². The van der Waals surface area contributed by atoms with Crippen molar-refractivity contribution in [3.8, 4) is 0 Å². The highest BCUT2D eigenvalue weighted by Gasteiger charge is 2.63. The Bertz CT molecular complexity index is 509. The third kappa shape index (κ3) is 2.80. The van der Waals surface area contributed by atoms with E-state index in [1.165, 1.54) is 0 Å². The lowest BCUT2D eigenvalue weighted by Gasteiger charge is -2.42. The smallest absolute Gasteiger partial charge is 0.418 e. The second-order valence-electron chi connectivity index (χ2n) is 7.32. The van der Waals surface area contributed by atoms with Crippen LogP contribution in [0.25, 0.3) is 0 Å². The molecule has 0 aromatic rings. The van der Waals surface area contributed by atoms with E-state index >= 15 is 0 Å². The zero-order valence-electron chi connectivity index (χ0n) is 13.4. The van der Waals surface area contributed by atoms with Crippen LogP contribution in [0.1, 0.15) is 48.0 Å². The Hall–Kier alpha value is -1.85. The summed E-state index contributed by atoms with van der Waals surface area (Å²) in [4.78, 5) is 37.2. The zero-order valence-corrected chi connectivity index (χ0v) is 13.4. The normalized spacial score (nSPS) is 23.4. The maximum absolute atomic E-state index is 12.4. The van der Waals surface area contributed by atoms with Gasteiger partial charge in [0, 0.05) is 12.0 Å². The van der Waals surface area contributed by atoms with Gasteiger partial charge >= 0.3 is 12.1 Å². The molecule has 118 valence electrons. The van der Waals surface area contributed by atoms with Crippen LogP contribution in [0.4, 0.5) is 4.79 Å². The summed E-state index contributed by atoms with van der Waals surface area (Å²) in [5.41, 5.74) is -3.30. The van der Waals surface area contributed by atoms with Crippen LogP contribution < -0.4 is 0 Å². The molecule has 1 N–H and O–H groups in total. The molecule has 0 aliphatic carbocycles. The van der Waals surface area contributed by atoms with Crippen LogP contribution in [0.2, 0.25) is 0 Å². The first-order chi connectivity index (χ1) is 9.24. The molecule has 6 nitrogen and oxygen atoms in total. The van der Waals surface area contributed by atoms with Crippen LogP contribution >= 0.6 is 0 Å². The predicted molar refractivity (Wildman–Crippen MR) is 76.7 cm³/mol. The molecule has 1 aliphatic heterocycles. The molecule has 6 heteroatoms. The number of carboxylic acids is 1. The van der Waals surface area contributed by atoms with Crippen LogP contribution in [0.3, 0.4) is 0 Å². The van der Waals surface area contributed by atoms with Crippen LogP contribution in [-0.4, -0.2) is 39.1 Å². The van der Waals surface area contributed by atoms with Crippen molar-refractivity contribution in [1.82, 2.24) is 4.90 Å². The Labute approximate surface area is 124 Å². The lowest BCUT2D eigenvalue weighted by Crippen LogP contribution is -2.62. The van der Waals surface area contributed by atoms with Crippen molar-refractivity contribution in [2.45, 2.75) is 59.1 Å². The van der Waals surface area contributed by atoms with Crippen molar-refractivity contribution < 1.29 is 24.2 Å². The number of carbonyl (C=O) groups excluding carboxylic acids is 2. The summed E-state index contributed by atoms with van der Waals surface area (Å²) in [6.07, 6.45) is -1.06. The van der Waals surface area contributed by atoms with E-state index in [1.54, 1.807) is 41.5 Å². The minimum Gasteiger partial charge on any atom is -0.479 e. The Morgan fingerprint density at radius 2 is 1.71 bits per heavy atom. The maximum Gasteiger partial charge on any atom is 0.418 e. The third-order valence-corrected chi connectivity index (χ3v) is 3.53. The van der Waals surface area contributed by atoms with Crippen LogP contribution in [-0.2, 0) is 14.3 Å². The van der Waals surface area contributed by atoms with Crippen LogP contribution in [0.5, 0.6) is 0 Å². The molecule has 1 aliphatic rings. The largest absolute Gasteiger partial charge is 0.479 e. The van der Waals surface area contributed by atoms with Gasteiger partial charge in [0.25, 0.3) is 5.91 Å².